The summed E-state index contributed by atoms with van der Waals surface area (Å²) in [4.78, 5) is 12.0. The van der Waals surface area contributed by atoms with Gasteiger partial charge in [0.05, 0.1) is 25.6 Å². The maximum absolute atomic E-state index is 12.0. The van der Waals surface area contributed by atoms with Crippen molar-refractivity contribution in [2.45, 2.75) is 12.8 Å². The van der Waals surface area contributed by atoms with Gasteiger partial charge in [0.25, 0.3) is 0 Å². The Morgan fingerprint density at radius 2 is 1.79 bits per heavy atom. The smallest absolute Gasteiger partial charge is 0.232 e. The van der Waals surface area contributed by atoms with Crippen LogP contribution in [0.3, 0.4) is 0 Å². The predicted molar refractivity (Wildman–Crippen MR) is 109 cm³/mol. The molecule has 8 heteroatoms. The van der Waals surface area contributed by atoms with E-state index >= 15 is 0 Å². The molecule has 0 spiro atoms. The van der Waals surface area contributed by atoms with Crippen molar-refractivity contribution in [3.63, 3.8) is 0 Å². The molecule has 0 bridgehead atoms. The lowest BCUT2D eigenvalue weighted by Crippen LogP contribution is -2.32. The van der Waals surface area contributed by atoms with Crippen molar-refractivity contribution in [3.05, 3.63) is 54.6 Å². The Hall–Kier alpha value is -2.74. The summed E-state index contributed by atoms with van der Waals surface area (Å²) in [7, 11) is -1.82. The third-order valence-electron chi connectivity index (χ3n) is 3.94. The van der Waals surface area contributed by atoms with Crippen LogP contribution in [0.5, 0.6) is 11.5 Å². The zero-order valence-electron chi connectivity index (χ0n) is 16.1. The van der Waals surface area contributed by atoms with Gasteiger partial charge in [-0.1, -0.05) is 24.3 Å². The number of hydrogen-bond acceptors (Lipinski definition) is 5. The van der Waals surface area contributed by atoms with E-state index in [1.165, 1.54) is 4.31 Å². The quantitative estimate of drug-likeness (QED) is 0.580. The van der Waals surface area contributed by atoms with Crippen LogP contribution in [0, 0.1) is 0 Å². The summed E-state index contributed by atoms with van der Waals surface area (Å²) in [6, 6.07) is 16.1. The first kappa shape index (κ1) is 21.6. The molecule has 1 N–H and O–H groups in total. The van der Waals surface area contributed by atoms with Gasteiger partial charge in [-0.05, 0) is 30.7 Å². The van der Waals surface area contributed by atoms with Crippen LogP contribution in [-0.2, 0) is 14.8 Å². The van der Waals surface area contributed by atoms with Crippen LogP contribution in [0.4, 0.5) is 5.69 Å². The van der Waals surface area contributed by atoms with Gasteiger partial charge >= 0.3 is 0 Å². The molecule has 0 fully saturated rings. The number of benzene rings is 2. The number of carbonyl (C=O) groups is 1. The number of anilines is 1. The molecular formula is C20H26N2O5S. The molecule has 7 nitrogen and oxygen atoms in total. The Morgan fingerprint density at radius 1 is 1.07 bits per heavy atom. The van der Waals surface area contributed by atoms with Gasteiger partial charge in [0, 0.05) is 19.0 Å². The maximum atomic E-state index is 12.0. The third-order valence-corrected chi connectivity index (χ3v) is 5.14. The normalized spacial score (nSPS) is 10.9. The van der Waals surface area contributed by atoms with E-state index in [0.717, 1.165) is 6.26 Å². The second-order valence-electron chi connectivity index (χ2n) is 6.15. The Bertz CT molecular complexity index is 856. The lowest BCUT2D eigenvalue weighted by Gasteiger charge is -2.22. The summed E-state index contributed by atoms with van der Waals surface area (Å²) >= 11 is 0. The van der Waals surface area contributed by atoms with Crippen LogP contribution in [0.1, 0.15) is 12.8 Å². The van der Waals surface area contributed by atoms with Crippen LogP contribution < -0.4 is 19.1 Å². The van der Waals surface area contributed by atoms with Gasteiger partial charge in [-0.25, -0.2) is 8.42 Å². The number of para-hydroxylation sites is 1. The predicted octanol–water partition coefficient (Wildman–Crippen LogP) is 2.44. The zero-order valence-corrected chi connectivity index (χ0v) is 16.9. The largest absolute Gasteiger partial charge is 0.497 e. The summed E-state index contributed by atoms with van der Waals surface area (Å²) in [5, 5.41) is 2.77. The molecule has 2 rings (SSSR count). The number of amides is 1. The molecule has 0 aliphatic carbocycles. The molecule has 0 unspecified atom stereocenters. The molecule has 0 atom stereocenters. The average Bonchev–Trinajstić information content (AvgIpc) is 2.68. The molecule has 0 aliphatic heterocycles. The van der Waals surface area contributed by atoms with E-state index in [1.54, 1.807) is 37.4 Å². The minimum atomic E-state index is -3.40. The standard InChI is InChI=1S/C20H26N2O5S/c1-26-18-10-6-11-19(16-18)27-15-13-21-20(23)12-7-14-22(28(2,24)25)17-8-4-3-5-9-17/h3-6,8-11,16H,7,12-15H2,1-2H3,(H,21,23). The van der Waals surface area contributed by atoms with Gasteiger partial charge in [0.2, 0.25) is 15.9 Å². The average molecular weight is 407 g/mol. The summed E-state index contributed by atoms with van der Waals surface area (Å²) in [5.74, 6) is 1.23. The van der Waals surface area contributed by atoms with E-state index in [4.69, 9.17) is 9.47 Å². The number of nitrogens with zero attached hydrogens (tertiary/aromatic N) is 1. The minimum Gasteiger partial charge on any atom is -0.497 e. The van der Waals surface area contributed by atoms with Crippen LogP contribution in [0.25, 0.3) is 0 Å². The topological polar surface area (TPSA) is 84.9 Å². The van der Waals surface area contributed by atoms with Gasteiger partial charge in [-0.15, -0.1) is 0 Å². The van der Waals surface area contributed by atoms with Crippen LogP contribution in [0.2, 0.25) is 0 Å². The van der Waals surface area contributed by atoms with E-state index in [0.29, 0.717) is 36.8 Å². The summed E-state index contributed by atoms with van der Waals surface area (Å²) in [6.45, 7) is 0.944. The maximum Gasteiger partial charge on any atom is 0.232 e. The Labute approximate surface area is 166 Å². The van der Waals surface area contributed by atoms with Crippen molar-refractivity contribution in [1.82, 2.24) is 5.32 Å². The molecule has 0 saturated carbocycles. The summed E-state index contributed by atoms with van der Waals surface area (Å²) in [5.41, 5.74) is 0.595. The monoisotopic (exact) mass is 406 g/mol. The highest BCUT2D eigenvalue weighted by atomic mass is 32.2. The van der Waals surface area contributed by atoms with E-state index in [-0.39, 0.29) is 18.9 Å². The molecule has 1 amide bonds. The first-order valence-electron chi connectivity index (χ1n) is 8.96. The molecule has 0 heterocycles. The fourth-order valence-electron chi connectivity index (χ4n) is 2.60. The molecule has 28 heavy (non-hydrogen) atoms. The number of carbonyl (C=O) groups excluding carboxylic acids is 1. The number of nitrogens with one attached hydrogen (secondary N) is 1. The number of methoxy groups -OCH3 is 1. The number of ether oxygens (including phenoxy) is 2. The number of rotatable bonds is 11. The molecule has 0 saturated heterocycles. The summed E-state index contributed by atoms with van der Waals surface area (Å²) < 4.78 is 36.0. The molecule has 0 aromatic heterocycles. The Morgan fingerprint density at radius 3 is 2.46 bits per heavy atom. The van der Waals surface area contributed by atoms with Crippen LogP contribution in [-0.4, -0.2) is 47.4 Å². The highest BCUT2D eigenvalue weighted by Gasteiger charge is 2.17. The van der Waals surface area contributed by atoms with Crippen molar-refractivity contribution in [2.75, 3.05) is 37.4 Å². The summed E-state index contributed by atoms with van der Waals surface area (Å²) in [6.07, 6.45) is 1.82. The number of hydrogen-bond donors (Lipinski definition) is 1. The Kier molecular flexibility index (Phi) is 8.13. The SMILES string of the molecule is COc1cccc(OCCNC(=O)CCCN(c2ccccc2)S(C)(=O)=O)c1. The first-order chi connectivity index (χ1) is 13.4. The molecule has 2 aromatic rings. The van der Waals surface area contributed by atoms with Gasteiger partial charge in [0.15, 0.2) is 0 Å². The minimum absolute atomic E-state index is 0.143. The zero-order chi connectivity index (χ0) is 20.4. The van der Waals surface area contributed by atoms with Crippen molar-refractivity contribution < 1.29 is 22.7 Å². The van der Waals surface area contributed by atoms with Crippen LogP contribution >= 0.6 is 0 Å². The van der Waals surface area contributed by atoms with Crippen molar-refractivity contribution >= 4 is 21.6 Å². The lowest BCUT2D eigenvalue weighted by atomic mass is 10.2. The van der Waals surface area contributed by atoms with E-state index in [1.807, 2.05) is 24.3 Å². The van der Waals surface area contributed by atoms with Crippen molar-refractivity contribution in [3.8, 4) is 11.5 Å². The highest BCUT2D eigenvalue weighted by Crippen LogP contribution is 2.19. The number of sulfonamides is 1. The molecule has 0 radical (unpaired) electrons. The second-order valence-corrected chi connectivity index (χ2v) is 8.06. The fraction of sp³-hybridized carbons (Fsp3) is 0.350. The lowest BCUT2D eigenvalue weighted by molar-refractivity contribution is -0.121. The van der Waals surface area contributed by atoms with E-state index in [9.17, 15) is 13.2 Å². The van der Waals surface area contributed by atoms with Gasteiger partial charge in [-0.3, -0.25) is 9.10 Å². The molecule has 152 valence electrons. The molecule has 2 aromatic carbocycles. The van der Waals surface area contributed by atoms with Crippen molar-refractivity contribution in [2.24, 2.45) is 0 Å². The molecule has 0 aliphatic rings. The highest BCUT2D eigenvalue weighted by molar-refractivity contribution is 7.92. The fourth-order valence-corrected chi connectivity index (χ4v) is 3.57. The second kappa shape index (κ2) is 10.6. The van der Waals surface area contributed by atoms with Gasteiger partial charge in [-0.2, -0.15) is 0 Å². The molecular weight excluding hydrogens is 380 g/mol. The van der Waals surface area contributed by atoms with Gasteiger partial charge in [0.1, 0.15) is 18.1 Å². The van der Waals surface area contributed by atoms with Crippen molar-refractivity contribution in [1.29, 1.82) is 0 Å². The first-order valence-corrected chi connectivity index (χ1v) is 10.8. The van der Waals surface area contributed by atoms with Crippen LogP contribution in [0.15, 0.2) is 54.6 Å². The third kappa shape index (κ3) is 7.11. The van der Waals surface area contributed by atoms with E-state index < -0.39 is 10.0 Å². The Balaban J connectivity index is 1.71. The van der Waals surface area contributed by atoms with E-state index in [2.05, 4.69) is 5.32 Å². The van der Waals surface area contributed by atoms with Gasteiger partial charge < -0.3 is 14.8 Å².